The molecule has 0 saturated heterocycles. The molecule has 0 unspecified atom stereocenters. The van der Waals surface area contributed by atoms with Crippen molar-refractivity contribution in [3.8, 4) is 45.0 Å². The summed E-state index contributed by atoms with van der Waals surface area (Å²) < 4.78 is 10.4. The summed E-state index contributed by atoms with van der Waals surface area (Å²) in [5.74, 6) is 0. The number of aryl methyl sites for hydroxylation is 4. The van der Waals surface area contributed by atoms with Crippen molar-refractivity contribution in [1.29, 1.82) is 0 Å². The first kappa shape index (κ1) is 41.7. The summed E-state index contributed by atoms with van der Waals surface area (Å²) in [6.07, 6.45) is 8.22. The molecule has 2 aliphatic heterocycles. The lowest BCUT2D eigenvalue weighted by Gasteiger charge is -2.49. The number of hydrogen-bond acceptors (Lipinski definition) is 8. The fourth-order valence-electron chi connectivity index (χ4n) is 9.98. The molecule has 9 heteroatoms. The van der Waals surface area contributed by atoms with Gasteiger partial charge in [0, 0.05) is 22.3 Å². The van der Waals surface area contributed by atoms with Crippen LogP contribution in [-0.4, -0.2) is 28.7 Å². The van der Waals surface area contributed by atoms with Gasteiger partial charge in [0.05, 0.1) is 93.1 Å². The maximum Gasteiger partial charge on any atom is 0.522 e. The van der Waals surface area contributed by atoms with Crippen molar-refractivity contribution >= 4 is 54.2 Å². The van der Waals surface area contributed by atoms with Crippen LogP contribution in [0.4, 0.5) is 45.5 Å². The van der Waals surface area contributed by atoms with Crippen molar-refractivity contribution < 1.29 is 0 Å². The summed E-state index contributed by atoms with van der Waals surface area (Å²) in [7, 11) is -3.86. The van der Waals surface area contributed by atoms with E-state index in [0.29, 0.717) is 0 Å². The van der Waals surface area contributed by atoms with E-state index in [9.17, 15) is 0 Å². The molecule has 6 aromatic carbocycles. The fraction of sp³-hybridized carbons (Fsp3) is 0.0667. The van der Waals surface area contributed by atoms with Gasteiger partial charge in [0.15, 0.2) is 0 Å². The first-order chi connectivity index (χ1) is 33.9. The van der Waals surface area contributed by atoms with E-state index in [4.69, 9.17) is 19.9 Å². The monoisotopic (exact) mass is 908 g/mol. The molecule has 0 radical (unpaired) electrons. The Kier molecular flexibility index (Phi) is 10.2. The van der Waals surface area contributed by atoms with Crippen LogP contribution in [0, 0.1) is 27.7 Å². The fourth-order valence-corrected chi connectivity index (χ4v) is 15.1. The topological polar surface area (TPSA) is 64.5 Å². The molecule has 4 aromatic heterocycles. The highest BCUT2D eigenvalue weighted by molar-refractivity contribution is 6.99. The molecule has 8 nitrogen and oxygen atoms in total. The summed E-state index contributed by atoms with van der Waals surface area (Å²) >= 11 is 0. The molecule has 2 aliphatic rings. The van der Waals surface area contributed by atoms with E-state index < -0.39 is 8.72 Å². The molecule has 0 aliphatic carbocycles. The molecule has 0 amide bonds. The van der Waals surface area contributed by atoms with Gasteiger partial charge in [0.25, 0.3) is 0 Å². The summed E-state index contributed by atoms with van der Waals surface area (Å²) in [5, 5.41) is 0. The van der Waals surface area contributed by atoms with Gasteiger partial charge in [-0.15, -0.1) is 0 Å². The molecular formula is C60H48N8Si. The van der Waals surface area contributed by atoms with Crippen molar-refractivity contribution in [2.24, 2.45) is 0 Å². The van der Waals surface area contributed by atoms with Crippen LogP contribution in [0.5, 0.6) is 0 Å². The largest absolute Gasteiger partial charge is 0.522 e. The third-order valence-electron chi connectivity index (χ3n) is 13.6. The second-order valence-corrected chi connectivity index (χ2v) is 20.9. The van der Waals surface area contributed by atoms with Crippen LogP contribution in [0.25, 0.3) is 45.0 Å². The van der Waals surface area contributed by atoms with Gasteiger partial charge in [-0.05, 0) is 123 Å². The number of nitrogens with zero attached hydrogens (tertiary/aromatic N) is 8. The van der Waals surface area contributed by atoms with E-state index in [2.05, 4.69) is 241 Å². The van der Waals surface area contributed by atoms with E-state index in [1.165, 1.54) is 22.3 Å². The molecule has 0 fully saturated rings. The van der Waals surface area contributed by atoms with Crippen LogP contribution in [-0.2, 0) is 0 Å². The van der Waals surface area contributed by atoms with Gasteiger partial charge in [0.1, 0.15) is 0 Å². The third kappa shape index (κ3) is 6.97. The number of hydrogen-bond donors (Lipinski definition) is 0. The van der Waals surface area contributed by atoms with E-state index in [1.807, 2.05) is 24.3 Å². The standard InChI is InChI=1S/C60H48N8Si/c1-41-33-57-58(34-42(41)2)66(50-26-30-54(62-38-50)46-19-11-6-12-20-46)69(65(57)49-25-29-53(61-37-49)45-17-9-5-10-18-45)67(51-27-31-55(63-39-51)47-21-13-7-14-22-47)59-35-43(3)44(4)36-60(59)68(69)52-28-32-56(64-40-52)48-23-15-8-16-24-48/h5-40H,1-4H3. The van der Waals surface area contributed by atoms with E-state index >= 15 is 0 Å². The highest BCUT2D eigenvalue weighted by atomic mass is 28.4. The van der Waals surface area contributed by atoms with Gasteiger partial charge < -0.3 is 18.3 Å². The first-order valence-corrected chi connectivity index (χ1v) is 25.1. The van der Waals surface area contributed by atoms with Crippen molar-refractivity contribution in [3.63, 3.8) is 0 Å². The molecular weight excluding hydrogens is 861 g/mol. The summed E-state index contributed by atoms with van der Waals surface area (Å²) in [6, 6.07) is 68.6. The number of pyridine rings is 4. The lowest BCUT2D eigenvalue weighted by Crippen LogP contribution is -2.76. The zero-order valence-electron chi connectivity index (χ0n) is 38.9. The number of rotatable bonds is 8. The Labute approximate surface area is 404 Å². The van der Waals surface area contributed by atoms with E-state index in [0.717, 1.165) is 90.5 Å². The van der Waals surface area contributed by atoms with Crippen LogP contribution in [0.3, 0.4) is 0 Å². The predicted molar refractivity (Wildman–Crippen MR) is 285 cm³/mol. The maximum absolute atomic E-state index is 5.26. The lowest BCUT2D eigenvalue weighted by atomic mass is 10.1. The highest BCUT2D eigenvalue weighted by Crippen LogP contribution is 2.62. The van der Waals surface area contributed by atoms with Crippen molar-refractivity contribution in [1.82, 2.24) is 19.9 Å². The van der Waals surface area contributed by atoms with Crippen LogP contribution in [0.15, 0.2) is 219 Å². The molecule has 332 valence electrons. The van der Waals surface area contributed by atoms with Crippen molar-refractivity contribution in [2.75, 3.05) is 18.3 Å². The van der Waals surface area contributed by atoms with Gasteiger partial charge in [-0.1, -0.05) is 121 Å². The van der Waals surface area contributed by atoms with E-state index in [1.54, 1.807) is 0 Å². The second-order valence-electron chi connectivity index (χ2n) is 17.9. The summed E-state index contributed by atoms with van der Waals surface area (Å²) in [4.78, 5) is 21.0. The van der Waals surface area contributed by atoms with Crippen LogP contribution < -0.4 is 18.3 Å². The van der Waals surface area contributed by atoms with Gasteiger partial charge in [-0.3, -0.25) is 19.9 Å². The molecule has 69 heavy (non-hydrogen) atoms. The van der Waals surface area contributed by atoms with Gasteiger partial charge >= 0.3 is 8.72 Å². The highest BCUT2D eigenvalue weighted by Gasteiger charge is 2.70. The lowest BCUT2D eigenvalue weighted by molar-refractivity contribution is 1.15. The minimum absolute atomic E-state index is 0.906. The molecule has 0 bridgehead atoms. The van der Waals surface area contributed by atoms with E-state index in [-0.39, 0.29) is 0 Å². The van der Waals surface area contributed by atoms with Crippen LogP contribution in [0.2, 0.25) is 0 Å². The van der Waals surface area contributed by atoms with Crippen LogP contribution >= 0.6 is 0 Å². The minimum Gasteiger partial charge on any atom is -0.312 e. The smallest absolute Gasteiger partial charge is 0.312 e. The normalized spacial score (nSPS) is 13.5. The molecule has 12 rings (SSSR count). The Morgan fingerprint density at radius 3 is 0.681 bits per heavy atom. The van der Waals surface area contributed by atoms with Gasteiger partial charge in [0.2, 0.25) is 0 Å². The second kappa shape index (κ2) is 16.9. The summed E-state index contributed by atoms with van der Waals surface area (Å²) in [5.41, 5.74) is 20.8. The predicted octanol–water partition coefficient (Wildman–Crippen LogP) is 14.9. The first-order valence-electron chi connectivity index (χ1n) is 23.4. The quantitative estimate of drug-likeness (QED) is 0.140. The zero-order valence-corrected chi connectivity index (χ0v) is 39.9. The third-order valence-corrected chi connectivity index (χ3v) is 18.0. The zero-order chi connectivity index (χ0) is 46.6. The average molecular weight is 909 g/mol. The Morgan fingerprint density at radius 1 is 0.275 bits per heavy atom. The molecule has 0 N–H and O–H groups in total. The number of fused-ring (bicyclic) bond motifs is 2. The Morgan fingerprint density at radius 2 is 0.493 bits per heavy atom. The Bertz CT molecular complexity index is 2990. The van der Waals surface area contributed by atoms with Crippen molar-refractivity contribution in [3.05, 3.63) is 241 Å². The van der Waals surface area contributed by atoms with Crippen molar-refractivity contribution in [2.45, 2.75) is 27.7 Å². The Hall–Kier alpha value is -8.66. The molecule has 10 aromatic rings. The average Bonchev–Trinajstić information content (AvgIpc) is 3.84. The molecule has 0 atom stereocenters. The molecule has 6 heterocycles. The minimum atomic E-state index is -3.86. The Balaban J connectivity index is 1.19. The van der Waals surface area contributed by atoms with Gasteiger partial charge in [-0.25, -0.2) is 0 Å². The molecule has 0 saturated carbocycles. The molecule has 1 spiro atoms. The number of anilines is 8. The summed E-state index contributed by atoms with van der Waals surface area (Å²) in [6.45, 7) is 8.84. The SMILES string of the molecule is Cc1cc2c(cc1C)N(c1ccc(-c3ccccc3)nc1)[Si]1(N2c2ccc(-c3ccccc3)nc2)N(c2ccc(-c3ccccc3)nc2)c2cc(C)c(C)cc2N1c1ccc(-c2ccccc2)nc1. The number of aromatic nitrogens is 4. The van der Waals surface area contributed by atoms with Crippen LogP contribution in [0.1, 0.15) is 22.3 Å². The maximum atomic E-state index is 5.26. The number of benzene rings is 6. The van der Waals surface area contributed by atoms with Gasteiger partial charge in [-0.2, -0.15) is 0 Å².